The first-order valence-electron chi connectivity index (χ1n) is 6.88. The van der Waals surface area contributed by atoms with Crippen molar-refractivity contribution in [3.63, 3.8) is 0 Å². The lowest BCUT2D eigenvalue weighted by Crippen LogP contribution is -2.65. The average molecular weight is 294 g/mol. The molecule has 0 radical (unpaired) electrons. The van der Waals surface area contributed by atoms with Gasteiger partial charge in [0.25, 0.3) is 0 Å². The summed E-state index contributed by atoms with van der Waals surface area (Å²) in [4.78, 5) is 25.4. The van der Waals surface area contributed by atoms with Crippen LogP contribution in [0.2, 0.25) is 0 Å². The van der Waals surface area contributed by atoms with Crippen LogP contribution in [0.25, 0.3) is 0 Å². The molecule has 0 saturated carbocycles. The van der Waals surface area contributed by atoms with E-state index in [4.69, 9.17) is 0 Å². The third kappa shape index (κ3) is 3.86. The molecule has 0 aromatic carbocycles. The Balaban J connectivity index is 2.94. The Morgan fingerprint density at radius 3 is 2.35 bits per heavy atom. The van der Waals surface area contributed by atoms with E-state index in [0.717, 1.165) is 4.90 Å². The summed E-state index contributed by atoms with van der Waals surface area (Å²) in [6.07, 6.45) is -4.43. The van der Waals surface area contributed by atoms with Crippen LogP contribution in [0.15, 0.2) is 0 Å². The number of carbonyl (C=O) groups is 2. The summed E-state index contributed by atoms with van der Waals surface area (Å²) in [5, 5.41) is 2.60. The van der Waals surface area contributed by atoms with Gasteiger partial charge in [-0.05, 0) is 12.3 Å². The van der Waals surface area contributed by atoms with E-state index in [-0.39, 0.29) is 11.8 Å². The minimum absolute atomic E-state index is 0.176. The Kier molecular flexibility index (Phi) is 5.42. The number of amides is 2. The SMILES string of the molecule is CCC1NC(=O)C(C(C)CC)N(CCC(F)(F)F)C1=O. The predicted octanol–water partition coefficient (Wildman–Crippen LogP) is 2.09. The number of alkyl halides is 3. The molecule has 0 aromatic heterocycles. The van der Waals surface area contributed by atoms with Gasteiger partial charge in [0.15, 0.2) is 0 Å². The quantitative estimate of drug-likeness (QED) is 0.844. The molecule has 1 heterocycles. The topological polar surface area (TPSA) is 49.4 Å². The van der Waals surface area contributed by atoms with E-state index in [0.29, 0.717) is 12.8 Å². The van der Waals surface area contributed by atoms with Crippen molar-refractivity contribution in [1.82, 2.24) is 10.2 Å². The number of rotatable bonds is 5. The van der Waals surface area contributed by atoms with E-state index in [1.807, 2.05) is 6.92 Å². The lowest BCUT2D eigenvalue weighted by molar-refractivity contribution is -0.160. The Morgan fingerprint density at radius 1 is 1.30 bits per heavy atom. The second-order valence-electron chi connectivity index (χ2n) is 5.20. The normalized spacial score (nSPS) is 25.6. The molecule has 116 valence electrons. The maximum atomic E-state index is 12.4. The number of hydrogen-bond donors (Lipinski definition) is 1. The van der Waals surface area contributed by atoms with Crippen LogP contribution in [0, 0.1) is 5.92 Å². The van der Waals surface area contributed by atoms with Gasteiger partial charge in [0, 0.05) is 6.54 Å². The molecule has 2 amide bonds. The summed E-state index contributed by atoms with van der Waals surface area (Å²) in [5.74, 6) is -0.945. The van der Waals surface area contributed by atoms with Gasteiger partial charge in [0.05, 0.1) is 6.42 Å². The minimum Gasteiger partial charge on any atom is -0.343 e. The monoisotopic (exact) mass is 294 g/mol. The van der Waals surface area contributed by atoms with Crippen molar-refractivity contribution in [2.24, 2.45) is 5.92 Å². The smallest absolute Gasteiger partial charge is 0.343 e. The predicted molar refractivity (Wildman–Crippen MR) is 67.8 cm³/mol. The standard InChI is InChI=1S/C13H21F3N2O2/c1-4-8(3)10-11(19)17-9(5-2)12(20)18(10)7-6-13(14,15)16/h8-10H,4-7H2,1-3H3,(H,17,19). The minimum atomic E-state index is -4.34. The largest absolute Gasteiger partial charge is 0.390 e. The number of nitrogens with zero attached hydrogens (tertiary/aromatic N) is 1. The van der Waals surface area contributed by atoms with E-state index in [1.54, 1.807) is 13.8 Å². The van der Waals surface area contributed by atoms with Crippen molar-refractivity contribution < 1.29 is 22.8 Å². The Labute approximate surface area is 116 Å². The van der Waals surface area contributed by atoms with E-state index in [2.05, 4.69) is 5.32 Å². The fourth-order valence-corrected chi connectivity index (χ4v) is 2.36. The highest BCUT2D eigenvalue weighted by Crippen LogP contribution is 2.25. The fraction of sp³-hybridized carbons (Fsp3) is 0.846. The first-order chi connectivity index (χ1) is 9.21. The molecule has 0 aromatic rings. The van der Waals surface area contributed by atoms with Crippen LogP contribution in [-0.4, -0.2) is 41.5 Å². The van der Waals surface area contributed by atoms with Gasteiger partial charge >= 0.3 is 6.18 Å². The first kappa shape index (κ1) is 16.8. The maximum Gasteiger partial charge on any atom is 0.390 e. The highest BCUT2D eigenvalue weighted by molar-refractivity contribution is 5.97. The van der Waals surface area contributed by atoms with E-state index < -0.39 is 37.1 Å². The average Bonchev–Trinajstić information content (AvgIpc) is 2.37. The van der Waals surface area contributed by atoms with E-state index in [9.17, 15) is 22.8 Å². The van der Waals surface area contributed by atoms with E-state index in [1.165, 1.54) is 0 Å². The third-order valence-corrected chi connectivity index (χ3v) is 3.73. The lowest BCUT2D eigenvalue weighted by Gasteiger charge is -2.41. The Bertz CT molecular complexity index is 371. The summed E-state index contributed by atoms with van der Waals surface area (Å²) < 4.78 is 37.2. The molecule has 1 saturated heterocycles. The summed E-state index contributed by atoms with van der Waals surface area (Å²) in [7, 11) is 0. The Hall–Kier alpha value is -1.27. The molecule has 7 heteroatoms. The molecular weight excluding hydrogens is 273 g/mol. The van der Waals surface area contributed by atoms with Gasteiger partial charge in [-0.3, -0.25) is 9.59 Å². The molecule has 1 fully saturated rings. The van der Waals surface area contributed by atoms with Gasteiger partial charge in [-0.1, -0.05) is 27.2 Å². The third-order valence-electron chi connectivity index (χ3n) is 3.73. The first-order valence-corrected chi connectivity index (χ1v) is 6.88. The van der Waals surface area contributed by atoms with Crippen LogP contribution in [0.1, 0.15) is 40.0 Å². The van der Waals surface area contributed by atoms with E-state index >= 15 is 0 Å². The molecular formula is C13H21F3N2O2. The molecule has 1 rings (SSSR count). The zero-order valence-corrected chi connectivity index (χ0v) is 12.0. The molecule has 1 N–H and O–H groups in total. The van der Waals surface area contributed by atoms with Crippen molar-refractivity contribution in [2.45, 2.75) is 58.3 Å². The van der Waals surface area contributed by atoms with Crippen LogP contribution in [0.5, 0.6) is 0 Å². The summed E-state index contributed by atoms with van der Waals surface area (Å²) >= 11 is 0. The zero-order chi connectivity index (χ0) is 15.5. The summed E-state index contributed by atoms with van der Waals surface area (Å²) in [6, 6.07) is -1.52. The summed E-state index contributed by atoms with van der Waals surface area (Å²) in [5.41, 5.74) is 0. The van der Waals surface area contributed by atoms with Gasteiger partial charge in [-0.15, -0.1) is 0 Å². The molecule has 3 atom stereocenters. The van der Waals surface area contributed by atoms with Gasteiger partial charge in [-0.25, -0.2) is 0 Å². The van der Waals surface area contributed by atoms with Crippen LogP contribution < -0.4 is 5.32 Å². The van der Waals surface area contributed by atoms with Gasteiger partial charge in [-0.2, -0.15) is 13.2 Å². The van der Waals surface area contributed by atoms with Gasteiger partial charge < -0.3 is 10.2 Å². The van der Waals surface area contributed by atoms with Crippen LogP contribution >= 0.6 is 0 Å². The number of piperazine rings is 1. The zero-order valence-electron chi connectivity index (χ0n) is 12.0. The Morgan fingerprint density at radius 2 is 1.90 bits per heavy atom. The molecule has 0 bridgehead atoms. The summed E-state index contributed by atoms with van der Waals surface area (Å²) in [6.45, 7) is 4.87. The molecule has 0 aliphatic carbocycles. The maximum absolute atomic E-state index is 12.4. The van der Waals surface area contributed by atoms with Crippen molar-refractivity contribution in [3.05, 3.63) is 0 Å². The van der Waals surface area contributed by atoms with Crippen molar-refractivity contribution in [1.29, 1.82) is 0 Å². The van der Waals surface area contributed by atoms with Crippen LogP contribution in [0.3, 0.4) is 0 Å². The highest BCUT2D eigenvalue weighted by atomic mass is 19.4. The van der Waals surface area contributed by atoms with Crippen molar-refractivity contribution >= 4 is 11.8 Å². The molecule has 4 nitrogen and oxygen atoms in total. The second kappa shape index (κ2) is 6.45. The number of nitrogens with one attached hydrogen (secondary N) is 1. The molecule has 0 spiro atoms. The molecule has 20 heavy (non-hydrogen) atoms. The lowest BCUT2D eigenvalue weighted by atomic mass is 9.92. The van der Waals surface area contributed by atoms with Crippen molar-refractivity contribution in [2.75, 3.05) is 6.54 Å². The van der Waals surface area contributed by atoms with Crippen LogP contribution in [-0.2, 0) is 9.59 Å². The second-order valence-corrected chi connectivity index (χ2v) is 5.20. The molecule has 3 unspecified atom stereocenters. The highest BCUT2D eigenvalue weighted by Gasteiger charge is 2.43. The van der Waals surface area contributed by atoms with Gasteiger partial charge in [0.2, 0.25) is 11.8 Å². The molecule has 1 aliphatic heterocycles. The molecule has 1 aliphatic rings. The van der Waals surface area contributed by atoms with Crippen LogP contribution in [0.4, 0.5) is 13.2 Å². The number of carbonyl (C=O) groups excluding carboxylic acids is 2. The van der Waals surface area contributed by atoms with Gasteiger partial charge in [0.1, 0.15) is 12.1 Å². The number of halogens is 3. The number of hydrogen-bond acceptors (Lipinski definition) is 2. The fourth-order valence-electron chi connectivity index (χ4n) is 2.36. The van der Waals surface area contributed by atoms with Crippen molar-refractivity contribution in [3.8, 4) is 0 Å².